The van der Waals surface area contributed by atoms with Gasteiger partial charge in [-0.25, -0.2) is 24.2 Å². The number of hydrogen-bond donors (Lipinski definition) is 3. The molecule has 1 saturated heterocycles. The lowest BCUT2D eigenvalue weighted by Crippen LogP contribution is -2.40. The number of hydrazine groups is 1. The van der Waals surface area contributed by atoms with Crippen LogP contribution in [-0.4, -0.2) is 58.0 Å². The molecule has 4 aromatic rings. The standard InChI is InChI=1S/C35H29F2N7O3/c36-26-7-4-8-27(37)30(26)33(45)39-25-6-3-5-23(21-25)32-31(29-9-1-2-16-44(29)42-32)28-14-15-38-35(41-28)40-24-12-10-22(11-13-24)34(46)43-17-19-47-20-18-43/h1-16,21,32,42H,17-20H2,(H,39,45)(H,38,40,41). The van der Waals surface area contributed by atoms with Gasteiger partial charge in [-0.2, -0.15) is 0 Å². The van der Waals surface area contributed by atoms with E-state index in [2.05, 4.69) is 21.0 Å². The molecule has 47 heavy (non-hydrogen) atoms. The number of nitrogens with one attached hydrogen (secondary N) is 3. The predicted molar refractivity (Wildman–Crippen MR) is 172 cm³/mol. The molecule has 12 heteroatoms. The molecule has 2 amide bonds. The number of anilines is 3. The molecule has 3 aromatic carbocycles. The lowest BCUT2D eigenvalue weighted by molar-refractivity contribution is 0.0303. The molecule has 3 aliphatic heterocycles. The topological polar surface area (TPSA) is 112 Å². The first-order valence-electron chi connectivity index (χ1n) is 15.0. The van der Waals surface area contributed by atoms with E-state index >= 15 is 0 Å². The van der Waals surface area contributed by atoms with Crippen molar-refractivity contribution in [3.05, 3.63) is 143 Å². The number of halogens is 2. The Hall–Kier alpha value is -5.72. The van der Waals surface area contributed by atoms with E-state index in [1.807, 2.05) is 53.7 Å². The molecule has 0 aliphatic carbocycles. The summed E-state index contributed by atoms with van der Waals surface area (Å²) in [6.07, 6.45) is 9.35. The third kappa shape index (κ3) is 6.24. The van der Waals surface area contributed by atoms with Gasteiger partial charge in [-0.05, 0) is 72.3 Å². The summed E-state index contributed by atoms with van der Waals surface area (Å²) in [4.78, 5) is 36.7. The zero-order chi connectivity index (χ0) is 32.3. The molecule has 0 radical (unpaired) electrons. The molecule has 1 unspecified atom stereocenters. The quantitative estimate of drug-likeness (QED) is 0.242. The first kappa shape index (κ1) is 30.0. The Morgan fingerprint density at radius 2 is 1.68 bits per heavy atom. The number of carbonyl (C=O) groups excluding carboxylic acids is 2. The van der Waals surface area contributed by atoms with Gasteiger partial charge in [-0.3, -0.25) is 14.6 Å². The lowest BCUT2D eigenvalue weighted by Gasteiger charge is -2.26. The Bertz CT molecular complexity index is 1920. The molecule has 0 bridgehead atoms. The minimum absolute atomic E-state index is 0.0338. The van der Waals surface area contributed by atoms with E-state index in [0.717, 1.165) is 34.7 Å². The number of ether oxygens (including phenoxy) is 1. The molecular formula is C35H29F2N7O3. The molecule has 1 aromatic heterocycles. The highest BCUT2D eigenvalue weighted by Gasteiger charge is 2.33. The lowest BCUT2D eigenvalue weighted by atomic mass is 9.95. The van der Waals surface area contributed by atoms with E-state index in [1.54, 1.807) is 41.4 Å². The van der Waals surface area contributed by atoms with Crippen LogP contribution in [-0.2, 0) is 4.74 Å². The highest BCUT2D eigenvalue weighted by molar-refractivity contribution is 6.04. The molecule has 4 heterocycles. The molecule has 1 fully saturated rings. The van der Waals surface area contributed by atoms with Crippen molar-refractivity contribution >= 4 is 34.7 Å². The first-order chi connectivity index (χ1) is 22.9. The fourth-order valence-electron chi connectivity index (χ4n) is 5.69. The van der Waals surface area contributed by atoms with E-state index in [1.165, 1.54) is 6.07 Å². The average molecular weight is 634 g/mol. The molecule has 3 aliphatic rings. The summed E-state index contributed by atoms with van der Waals surface area (Å²) in [5.74, 6) is -2.44. The van der Waals surface area contributed by atoms with Crippen LogP contribution in [0.15, 0.2) is 109 Å². The summed E-state index contributed by atoms with van der Waals surface area (Å²) in [7, 11) is 0. The second-order valence-corrected chi connectivity index (χ2v) is 11.0. The maximum absolute atomic E-state index is 14.3. The summed E-state index contributed by atoms with van der Waals surface area (Å²) >= 11 is 0. The summed E-state index contributed by atoms with van der Waals surface area (Å²) in [6.45, 7) is 2.22. The van der Waals surface area contributed by atoms with Gasteiger partial charge in [0.15, 0.2) is 0 Å². The van der Waals surface area contributed by atoms with Crippen molar-refractivity contribution in [2.24, 2.45) is 0 Å². The van der Waals surface area contributed by atoms with E-state index in [0.29, 0.717) is 49.2 Å². The third-order valence-electron chi connectivity index (χ3n) is 7.98. The number of rotatable bonds is 7. The summed E-state index contributed by atoms with van der Waals surface area (Å²) < 4.78 is 33.9. The van der Waals surface area contributed by atoms with Gasteiger partial charge in [-0.15, -0.1) is 0 Å². The van der Waals surface area contributed by atoms with Crippen molar-refractivity contribution in [2.45, 2.75) is 6.04 Å². The number of hydrogen-bond acceptors (Lipinski definition) is 8. The largest absolute Gasteiger partial charge is 0.378 e. The van der Waals surface area contributed by atoms with Gasteiger partial charge in [0.05, 0.1) is 30.6 Å². The molecule has 3 N–H and O–H groups in total. The van der Waals surface area contributed by atoms with Gasteiger partial charge in [0.1, 0.15) is 17.2 Å². The van der Waals surface area contributed by atoms with Crippen molar-refractivity contribution in [1.82, 2.24) is 25.3 Å². The fourth-order valence-corrected chi connectivity index (χ4v) is 5.69. The number of amides is 2. The number of aromatic nitrogens is 2. The maximum atomic E-state index is 14.3. The van der Waals surface area contributed by atoms with Gasteiger partial charge in [0.2, 0.25) is 5.95 Å². The number of allylic oxidation sites excluding steroid dienone is 3. The summed E-state index contributed by atoms with van der Waals surface area (Å²) in [5, 5.41) is 7.74. The molecule has 10 nitrogen and oxygen atoms in total. The van der Waals surface area contributed by atoms with E-state index in [-0.39, 0.29) is 5.91 Å². The van der Waals surface area contributed by atoms with Crippen molar-refractivity contribution < 1.29 is 23.1 Å². The van der Waals surface area contributed by atoms with E-state index < -0.39 is 29.1 Å². The number of carbonyl (C=O) groups is 2. The SMILES string of the molecule is O=C(Nc1cccc(C2NN3C=CC=CC3=C2c2ccnc(Nc3ccc(C(=O)N4CCOCC4)cc3)n2)c1)c1c(F)cccc1F. The van der Waals surface area contributed by atoms with Crippen LogP contribution in [0.5, 0.6) is 0 Å². The predicted octanol–water partition coefficient (Wildman–Crippen LogP) is 5.58. The van der Waals surface area contributed by atoms with Crippen LogP contribution >= 0.6 is 0 Å². The minimum Gasteiger partial charge on any atom is -0.378 e. The van der Waals surface area contributed by atoms with E-state index in [4.69, 9.17) is 9.72 Å². The van der Waals surface area contributed by atoms with Crippen LogP contribution in [0.2, 0.25) is 0 Å². The zero-order valence-corrected chi connectivity index (χ0v) is 25.0. The van der Waals surface area contributed by atoms with Crippen molar-refractivity contribution in [2.75, 3.05) is 36.9 Å². The van der Waals surface area contributed by atoms with Crippen molar-refractivity contribution in [3.63, 3.8) is 0 Å². The second kappa shape index (κ2) is 12.9. The number of benzene rings is 3. The molecule has 236 valence electrons. The minimum atomic E-state index is -0.941. The number of fused-ring (bicyclic) bond motifs is 1. The van der Waals surface area contributed by atoms with Crippen LogP contribution in [0, 0.1) is 11.6 Å². The Labute approximate surface area is 269 Å². The number of morpholine rings is 1. The average Bonchev–Trinajstić information content (AvgIpc) is 3.49. The normalized spacial score (nSPS) is 17.1. The smallest absolute Gasteiger partial charge is 0.261 e. The van der Waals surface area contributed by atoms with Gasteiger partial charge in [0, 0.05) is 48.0 Å². The zero-order valence-electron chi connectivity index (χ0n) is 25.0. The van der Waals surface area contributed by atoms with Gasteiger partial charge in [0.25, 0.3) is 11.8 Å². The maximum Gasteiger partial charge on any atom is 0.261 e. The first-order valence-corrected chi connectivity index (χ1v) is 15.0. The molecule has 0 saturated carbocycles. The van der Waals surface area contributed by atoms with Gasteiger partial charge < -0.3 is 20.3 Å². The summed E-state index contributed by atoms with van der Waals surface area (Å²) in [5.41, 5.74) is 7.66. The third-order valence-corrected chi connectivity index (χ3v) is 7.98. The Balaban J connectivity index is 1.13. The van der Waals surface area contributed by atoms with Gasteiger partial charge in [-0.1, -0.05) is 24.3 Å². The van der Waals surface area contributed by atoms with Gasteiger partial charge >= 0.3 is 0 Å². The van der Waals surface area contributed by atoms with Crippen LogP contribution in [0.1, 0.15) is 38.0 Å². The Kier molecular flexibility index (Phi) is 8.25. The molecule has 7 rings (SSSR count). The van der Waals surface area contributed by atoms with E-state index in [9.17, 15) is 18.4 Å². The van der Waals surface area contributed by atoms with Crippen molar-refractivity contribution in [1.29, 1.82) is 0 Å². The molecule has 1 atom stereocenters. The Morgan fingerprint density at radius 1 is 0.915 bits per heavy atom. The fraction of sp³-hybridized carbons (Fsp3) is 0.143. The van der Waals surface area contributed by atoms with Crippen LogP contribution in [0.3, 0.4) is 0 Å². The highest BCUT2D eigenvalue weighted by Crippen LogP contribution is 2.40. The highest BCUT2D eigenvalue weighted by atomic mass is 19.1. The number of nitrogens with zero attached hydrogens (tertiary/aromatic N) is 4. The molecular weight excluding hydrogens is 604 g/mol. The van der Waals surface area contributed by atoms with Crippen LogP contribution in [0.4, 0.5) is 26.1 Å². The second-order valence-electron chi connectivity index (χ2n) is 11.0. The van der Waals surface area contributed by atoms with Crippen LogP contribution < -0.4 is 16.1 Å². The Morgan fingerprint density at radius 3 is 2.47 bits per heavy atom. The monoisotopic (exact) mass is 633 g/mol. The summed E-state index contributed by atoms with van der Waals surface area (Å²) in [6, 6.07) is 18.9. The molecule has 0 spiro atoms. The van der Waals surface area contributed by atoms with Crippen LogP contribution in [0.25, 0.3) is 5.57 Å². The van der Waals surface area contributed by atoms with Crippen molar-refractivity contribution in [3.8, 4) is 0 Å².